The van der Waals surface area contributed by atoms with Gasteiger partial charge in [-0.2, -0.15) is 0 Å². The van der Waals surface area contributed by atoms with Crippen molar-refractivity contribution in [1.82, 2.24) is 4.98 Å². The molecular formula is C18H20N3S+. The number of hydrogen-bond donors (Lipinski definition) is 1. The van der Waals surface area contributed by atoms with Crippen LogP contribution in [0.1, 0.15) is 35.3 Å². The maximum absolute atomic E-state index is 6.52. The number of rotatable bonds is 2. The molecule has 0 fully saturated rings. The number of hydrogen-bond acceptors (Lipinski definition) is 3. The zero-order chi connectivity index (χ0) is 14.9. The molecule has 1 aromatic carbocycles. The lowest BCUT2D eigenvalue weighted by Gasteiger charge is -2.06. The fourth-order valence-corrected chi connectivity index (χ4v) is 4.55. The van der Waals surface area contributed by atoms with Crippen molar-refractivity contribution in [3.63, 3.8) is 0 Å². The van der Waals surface area contributed by atoms with Gasteiger partial charge in [0.15, 0.2) is 0 Å². The lowest BCUT2D eigenvalue weighted by atomic mass is 10.1. The van der Waals surface area contributed by atoms with Gasteiger partial charge in [-0.3, -0.25) is 0 Å². The number of nitrogens with two attached hydrogens (primary N) is 1. The van der Waals surface area contributed by atoms with Gasteiger partial charge in [-0.1, -0.05) is 41.7 Å². The predicted molar refractivity (Wildman–Crippen MR) is 91.0 cm³/mol. The number of fused-ring (bicyclic) bond motifs is 3. The van der Waals surface area contributed by atoms with Crippen molar-refractivity contribution in [2.24, 2.45) is 0 Å². The Morgan fingerprint density at radius 1 is 1.09 bits per heavy atom. The first-order valence-electron chi connectivity index (χ1n) is 7.95. The van der Waals surface area contributed by atoms with E-state index in [-0.39, 0.29) is 0 Å². The number of aromatic nitrogens is 2. The van der Waals surface area contributed by atoms with Gasteiger partial charge in [0.2, 0.25) is 17.0 Å². The van der Waals surface area contributed by atoms with Gasteiger partial charge in [0.1, 0.15) is 5.39 Å². The van der Waals surface area contributed by atoms with Crippen molar-refractivity contribution in [2.75, 3.05) is 5.73 Å². The Bertz CT molecular complexity index is 808. The molecule has 0 radical (unpaired) electrons. The van der Waals surface area contributed by atoms with Crippen molar-refractivity contribution >= 4 is 27.4 Å². The van der Waals surface area contributed by atoms with Gasteiger partial charge < -0.3 is 5.73 Å². The smallest absolute Gasteiger partial charge is 0.231 e. The van der Waals surface area contributed by atoms with Crippen LogP contribution < -0.4 is 10.3 Å². The second-order valence-electron chi connectivity index (χ2n) is 5.99. The van der Waals surface area contributed by atoms with Gasteiger partial charge in [-0.05, 0) is 36.8 Å². The fourth-order valence-electron chi connectivity index (χ4n) is 3.32. The van der Waals surface area contributed by atoms with Crippen LogP contribution in [0.2, 0.25) is 0 Å². The summed E-state index contributed by atoms with van der Waals surface area (Å²) in [6, 6.07) is 10.4. The molecule has 3 aromatic rings. The molecule has 1 aliphatic rings. The highest BCUT2D eigenvalue weighted by atomic mass is 32.1. The van der Waals surface area contributed by atoms with Gasteiger partial charge in [-0.25, -0.2) is 4.57 Å². The van der Waals surface area contributed by atoms with Crippen LogP contribution in [-0.2, 0) is 19.4 Å². The average molecular weight is 310 g/mol. The normalized spacial score (nSPS) is 14.7. The summed E-state index contributed by atoms with van der Waals surface area (Å²) in [5.41, 5.74) is 9.23. The van der Waals surface area contributed by atoms with Crippen LogP contribution in [0.4, 0.5) is 5.82 Å². The molecule has 112 valence electrons. The van der Waals surface area contributed by atoms with E-state index < -0.39 is 0 Å². The molecule has 0 saturated carbocycles. The van der Waals surface area contributed by atoms with Crippen LogP contribution in [0, 0.1) is 0 Å². The number of benzene rings is 1. The Kier molecular flexibility index (Phi) is 3.54. The first kappa shape index (κ1) is 13.7. The number of thiophene rings is 1. The maximum atomic E-state index is 6.52. The van der Waals surface area contributed by atoms with E-state index in [9.17, 15) is 0 Å². The summed E-state index contributed by atoms with van der Waals surface area (Å²) in [4.78, 5) is 7.28. The molecule has 0 atom stereocenters. The van der Waals surface area contributed by atoms with Crippen LogP contribution >= 0.6 is 11.3 Å². The molecule has 3 nitrogen and oxygen atoms in total. The summed E-state index contributed by atoms with van der Waals surface area (Å²) < 4.78 is 2.08. The van der Waals surface area contributed by atoms with Crippen molar-refractivity contribution in [1.29, 1.82) is 0 Å². The molecule has 2 heterocycles. The minimum atomic E-state index is 0.778. The number of nitrogen functional groups attached to an aromatic ring is 1. The summed E-state index contributed by atoms with van der Waals surface area (Å²) >= 11 is 1.84. The van der Waals surface area contributed by atoms with E-state index in [4.69, 9.17) is 5.73 Å². The summed E-state index contributed by atoms with van der Waals surface area (Å²) in [5.74, 6) is 0.869. The molecule has 0 unspecified atom stereocenters. The lowest BCUT2D eigenvalue weighted by molar-refractivity contribution is -0.675. The van der Waals surface area contributed by atoms with E-state index >= 15 is 0 Å². The van der Waals surface area contributed by atoms with Crippen molar-refractivity contribution in [3.05, 3.63) is 52.7 Å². The van der Waals surface area contributed by atoms with E-state index in [0.29, 0.717) is 0 Å². The van der Waals surface area contributed by atoms with Crippen LogP contribution in [0.5, 0.6) is 0 Å². The molecule has 22 heavy (non-hydrogen) atoms. The molecule has 0 spiro atoms. The topological polar surface area (TPSA) is 42.8 Å². The molecular weight excluding hydrogens is 290 g/mol. The number of anilines is 1. The monoisotopic (exact) mass is 310 g/mol. The van der Waals surface area contributed by atoms with Crippen molar-refractivity contribution in [2.45, 2.75) is 38.6 Å². The van der Waals surface area contributed by atoms with Crippen LogP contribution in [0.3, 0.4) is 0 Å². The highest BCUT2D eigenvalue weighted by molar-refractivity contribution is 7.18. The average Bonchev–Trinajstić information content (AvgIpc) is 2.74. The van der Waals surface area contributed by atoms with Gasteiger partial charge in [0, 0.05) is 4.88 Å². The standard InChI is InChI=1S/C18H19N3S/c19-17-16-14-9-5-2-6-10-15(14)22-18(16)20-12-21(17)11-13-7-3-1-4-8-13/h1,3-4,7-8,12,19H,2,5-6,9-11H2/p+1. The Hall–Kier alpha value is -1.94. The molecule has 1 aliphatic carbocycles. The molecule has 2 N–H and O–H groups in total. The Balaban J connectivity index is 1.81. The largest absolute Gasteiger partial charge is 0.318 e. The first-order valence-corrected chi connectivity index (χ1v) is 8.76. The molecule has 4 rings (SSSR count). The van der Waals surface area contributed by atoms with Gasteiger partial charge in [0.25, 0.3) is 0 Å². The van der Waals surface area contributed by atoms with Gasteiger partial charge in [0.05, 0.1) is 6.54 Å². The van der Waals surface area contributed by atoms with Gasteiger partial charge in [-0.15, -0.1) is 11.3 Å². The van der Waals surface area contributed by atoms with E-state index in [1.165, 1.54) is 47.1 Å². The van der Waals surface area contributed by atoms with E-state index in [1.54, 1.807) is 0 Å². The van der Waals surface area contributed by atoms with Crippen LogP contribution in [0.15, 0.2) is 36.7 Å². The quantitative estimate of drug-likeness (QED) is 0.581. The summed E-state index contributed by atoms with van der Waals surface area (Å²) in [6.45, 7) is 0.778. The van der Waals surface area contributed by atoms with Crippen molar-refractivity contribution < 1.29 is 4.57 Å². The fraction of sp³-hybridized carbons (Fsp3) is 0.333. The summed E-state index contributed by atoms with van der Waals surface area (Å²) in [6.07, 6.45) is 8.12. The molecule has 0 bridgehead atoms. The first-order chi connectivity index (χ1) is 10.8. The minimum absolute atomic E-state index is 0.778. The third kappa shape index (κ3) is 2.37. The van der Waals surface area contributed by atoms with Crippen LogP contribution in [-0.4, -0.2) is 4.98 Å². The highest BCUT2D eigenvalue weighted by Gasteiger charge is 2.22. The summed E-state index contributed by atoms with van der Waals surface area (Å²) in [5, 5.41) is 1.21. The minimum Gasteiger partial charge on any atom is -0.318 e. The van der Waals surface area contributed by atoms with Crippen molar-refractivity contribution in [3.8, 4) is 0 Å². The van der Waals surface area contributed by atoms with E-state index in [0.717, 1.165) is 23.6 Å². The zero-order valence-electron chi connectivity index (χ0n) is 12.6. The second kappa shape index (κ2) is 5.69. The molecule has 0 aliphatic heterocycles. The summed E-state index contributed by atoms with van der Waals surface area (Å²) in [7, 11) is 0. The predicted octanol–water partition coefficient (Wildman–Crippen LogP) is 3.48. The molecule has 4 heteroatoms. The zero-order valence-corrected chi connectivity index (χ0v) is 13.4. The highest BCUT2D eigenvalue weighted by Crippen LogP contribution is 2.36. The van der Waals surface area contributed by atoms with E-state index in [2.05, 4.69) is 33.8 Å². The van der Waals surface area contributed by atoms with Gasteiger partial charge >= 0.3 is 0 Å². The molecule has 0 amide bonds. The second-order valence-corrected chi connectivity index (χ2v) is 7.07. The van der Waals surface area contributed by atoms with Crippen LogP contribution in [0.25, 0.3) is 10.2 Å². The SMILES string of the molecule is Nc1c2c3c(sc2nc[n+]1Cc1ccccc1)CCCCC3. The number of aryl methyl sites for hydroxylation is 2. The van der Waals surface area contributed by atoms with E-state index in [1.807, 2.05) is 23.7 Å². The Morgan fingerprint density at radius 2 is 1.91 bits per heavy atom. The Labute approximate surface area is 134 Å². The third-order valence-electron chi connectivity index (χ3n) is 4.48. The third-order valence-corrected chi connectivity index (χ3v) is 5.68. The lowest BCUT2D eigenvalue weighted by Crippen LogP contribution is -2.38. The number of nitrogens with zero attached hydrogens (tertiary/aromatic N) is 2. The molecule has 0 saturated heterocycles. The maximum Gasteiger partial charge on any atom is 0.231 e. The molecule has 2 aromatic heterocycles. The Morgan fingerprint density at radius 3 is 2.77 bits per heavy atom.